The lowest BCUT2D eigenvalue weighted by Crippen LogP contribution is -2.33. The largest absolute Gasteiger partial charge is 0.342 e. The van der Waals surface area contributed by atoms with Crippen LogP contribution in [0.4, 0.5) is 0 Å². The topological polar surface area (TPSA) is 61.9 Å². The second-order valence-electron chi connectivity index (χ2n) is 5.70. The number of thioether (sulfide) groups is 1. The summed E-state index contributed by atoms with van der Waals surface area (Å²) in [7, 11) is 0. The van der Waals surface area contributed by atoms with Crippen LogP contribution < -0.4 is 0 Å². The summed E-state index contributed by atoms with van der Waals surface area (Å²) >= 11 is 1.43. The fourth-order valence-electron chi connectivity index (χ4n) is 2.55. The van der Waals surface area contributed by atoms with E-state index in [0.717, 1.165) is 11.4 Å². The second-order valence-corrected chi connectivity index (χ2v) is 6.77. The first-order valence-corrected chi connectivity index (χ1v) is 9.03. The third-order valence-electron chi connectivity index (χ3n) is 4.07. The minimum atomic E-state index is -0.307. The zero-order valence-electron chi connectivity index (χ0n) is 13.5. The van der Waals surface area contributed by atoms with Crippen LogP contribution in [-0.4, -0.2) is 39.1 Å². The predicted octanol–water partition coefficient (Wildman–Crippen LogP) is 3.38. The number of rotatable bonds is 7. The summed E-state index contributed by atoms with van der Waals surface area (Å²) in [5.74, 6) is 1.60. The number of likely N-dealkylation sites (N-methyl/N-ethyl adjacent to an activating group) is 1. The highest BCUT2D eigenvalue weighted by molar-refractivity contribution is 8.00. The molecule has 0 spiro atoms. The number of nitrogens with one attached hydrogen (secondary N) is 1. The van der Waals surface area contributed by atoms with Gasteiger partial charge in [0.25, 0.3) is 0 Å². The molecule has 1 N–H and O–H groups in total. The van der Waals surface area contributed by atoms with Crippen LogP contribution in [0.3, 0.4) is 0 Å². The second kappa shape index (κ2) is 7.17. The van der Waals surface area contributed by atoms with E-state index in [4.69, 9.17) is 0 Å². The Morgan fingerprint density at radius 1 is 1.30 bits per heavy atom. The van der Waals surface area contributed by atoms with Crippen molar-refractivity contribution in [3.8, 4) is 0 Å². The molecule has 0 bridgehead atoms. The third kappa shape index (κ3) is 3.75. The molecule has 1 fully saturated rings. The van der Waals surface area contributed by atoms with Crippen molar-refractivity contribution in [1.82, 2.24) is 20.1 Å². The van der Waals surface area contributed by atoms with Gasteiger partial charge in [0.15, 0.2) is 0 Å². The summed E-state index contributed by atoms with van der Waals surface area (Å²) in [5, 5.41) is 7.65. The van der Waals surface area contributed by atoms with E-state index in [0.29, 0.717) is 24.2 Å². The molecular weight excluding hydrogens is 308 g/mol. The molecule has 1 amide bonds. The molecule has 0 radical (unpaired) electrons. The van der Waals surface area contributed by atoms with Crippen LogP contribution in [0.2, 0.25) is 0 Å². The van der Waals surface area contributed by atoms with Gasteiger partial charge in [-0.05, 0) is 32.3 Å². The molecule has 0 unspecified atom stereocenters. The zero-order chi connectivity index (χ0) is 16.2. The molecule has 0 aliphatic heterocycles. The van der Waals surface area contributed by atoms with E-state index in [2.05, 4.69) is 15.2 Å². The number of H-pyrrole nitrogens is 1. The van der Waals surface area contributed by atoms with Crippen molar-refractivity contribution in [2.75, 3.05) is 13.1 Å². The molecule has 1 aliphatic rings. The fourth-order valence-corrected chi connectivity index (χ4v) is 3.55. The monoisotopic (exact) mass is 330 g/mol. The Morgan fingerprint density at radius 3 is 2.61 bits per heavy atom. The maximum atomic E-state index is 12.9. The van der Waals surface area contributed by atoms with Crippen molar-refractivity contribution in [2.45, 2.75) is 43.0 Å². The predicted molar refractivity (Wildman–Crippen MR) is 91.3 cm³/mol. The van der Waals surface area contributed by atoms with Gasteiger partial charge in [-0.3, -0.25) is 9.89 Å². The van der Waals surface area contributed by atoms with Gasteiger partial charge < -0.3 is 4.90 Å². The molecule has 3 rings (SSSR count). The molecular formula is C17H22N4OS. The van der Waals surface area contributed by atoms with Gasteiger partial charge in [-0.25, -0.2) is 4.98 Å². The Kier molecular flexibility index (Phi) is 5.00. The highest BCUT2D eigenvalue weighted by Gasteiger charge is 2.30. The number of aromatic amines is 1. The van der Waals surface area contributed by atoms with Crippen molar-refractivity contribution in [3.05, 3.63) is 41.7 Å². The Hall–Kier alpha value is -1.82. The number of hydrogen-bond acceptors (Lipinski definition) is 4. The minimum Gasteiger partial charge on any atom is -0.342 e. The van der Waals surface area contributed by atoms with Crippen LogP contribution in [0.5, 0.6) is 0 Å². The van der Waals surface area contributed by atoms with Gasteiger partial charge in [-0.2, -0.15) is 0 Å². The normalized spacial score (nSPS) is 15.4. The fraction of sp³-hybridized carbons (Fsp3) is 0.471. The first kappa shape index (κ1) is 16.1. The summed E-state index contributed by atoms with van der Waals surface area (Å²) < 4.78 is 0. The van der Waals surface area contributed by atoms with Crippen LogP contribution in [-0.2, 0) is 4.79 Å². The molecule has 1 saturated carbocycles. The lowest BCUT2D eigenvalue weighted by molar-refractivity contribution is -0.130. The highest BCUT2D eigenvalue weighted by atomic mass is 32.2. The van der Waals surface area contributed by atoms with E-state index in [-0.39, 0.29) is 11.2 Å². The quantitative estimate of drug-likeness (QED) is 0.791. The summed E-state index contributed by atoms with van der Waals surface area (Å²) in [6, 6.07) is 9.88. The first-order chi connectivity index (χ1) is 11.2. The average molecular weight is 330 g/mol. The minimum absolute atomic E-state index is 0.115. The molecule has 1 aliphatic carbocycles. The van der Waals surface area contributed by atoms with Crippen LogP contribution in [0.15, 0.2) is 35.5 Å². The summed E-state index contributed by atoms with van der Waals surface area (Å²) in [4.78, 5) is 19.3. The van der Waals surface area contributed by atoms with Gasteiger partial charge in [0.1, 0.15) is 11.1 Å². The number of carbonyl (C=O) groups excluding carboxylic acids is 1. The Morgan fingerprint density at radius 2 is 2.00 bits per heavy atom. The average Bonchev–Trinajstić information content (AvgIpc) is 3.33. The molecule has 0 saturated heterocycles. The Balaban J connectivity index is 1.83. The molecule has 6 heteroatoms. The van der Waals surface area contributed by atoms with Crippen molar-refractivity contribution >= 4 is 17.7 Å². The van der Waals surface area contributed by atoms with E-state index >= 15 is 0 Å². The van der Waals surface area contributed by atoms with Crippen molar-refractivity contribution in [2.24, 2.45) is 0 Å². The number of nitrogens with zero attached hydrogens (tertiary/aromatic N) is 3. The Labute approximate surface area is 140 Å². The molecule has 1 aromatic carbocycles. The number of amides is 1. The van der Waals surface area contributed by atoms with Crippen molar-refractivity contribution in [3.63, 3.8) is 0 Å². The maximum Gasteiger partial charge on any atom is 0.240 e. The molecule has 23 heavy (non-hydrogen) atoms. The smallest absolute Gasteiger partial charge is 0.240 e. The summed E-state index contributed by atoms with van der Waals surface area (Å²) in [5.41, 5.74) is 0.993. The molecule has 2 aromatic rings. The summed E-state index contributed by atoms with van der Waals surface area (Å²) in [6.45, 7) is 5.43. The number of carbonyl (C=O) groups is 1. The standard InChI is InChI=1S/C17H22N4OS/c1-3-21(4-2)16(22)14(12-8-6-5-7-9-12)23-17-18-15(19-20-17)13-10-11-13/h5-9,13-14H,3-4,10-11H2,1-2H3,(H,18,19,20)/t14-/m0/s1. The van der Waals surface area contributed by atoms with Crippen molar-refractivity contribution < 1.29 is 4.79 Å². The van der Waals surface area contributed by atoms with E-state index in [1.165, 1.54) is 24.6 Å². The van der Waals surface area contributed by atoms with Gasteiger partial charge in [0, 0.05) is 19.0 Å². The van der Waals surface area contributed by atoms with Crippen molar-refractivity contribution in [1.29, 1.82) is 0 Å². The van der Waals surface area contributed by atoms with Crippen LogP contribution >= 0.6 is 11.8 Å². The molecule has 1 atom stereocenters. The van der Waals surface area contributed by atoms with Gasteiger partial charge in [-0.1, -0.05) is 42.1 Å². The SMILES string of the molecule is CCN(CC)C(=O)[C@@H](Sc1n[nH]c(C2CC2)n1)c1ccccc1. The van der Waals surface area contributed by atoms with Crippen LogP contribution in [0.1, 0.15) is 49.2 Å². The number of hydrogen-bond donors (Lipinski definition) is 1. The van der Waals surface area contributed by atoms with Gasteiger partial charge in [-0.15, -0.1) is 5.10 Å². The van der Waals surface area contributed by atoms with Crippen LogP contribution in [0, 0.1) is 0 Å². The zero-order valence-corrected chi connectivity index (χ0v) is 14.3. The highest BCUT2D eigenvalue weighted by Crippen LogP contribution is 2.40. The summed E-state index contributed by atoms with van der Waals surface area (Å²) in [6.07, 6.45) is 2.36. The van der Waals surface area contributed by atoms with E-state index in [1.54, 1.807) is 0 Å². The van der Waals surface area contributed by atoms with E-state index in [1.807, 2.05) is 49.1 Å². The maximum absolute atomic E-state index is 12.9. The van der Waals surface area contributed by atoms with Gasteiger partial charge in [0.2, 0.25) is 11.1 Å². The molecule has 1 heterocycles. The lowest BCUT2D eigenvalue weighted by atomic mass is 10.1. The molecule has 1 aromatic heterocycles. The first-order valence-electron chi connectivity index (χ1n) is 8.15. The lowest BCUT2D eigenvalue weighted by Gasteiger charge is -2.24. The van der Waals surface area contributed by atoms with Crippen LogP contribution in [0.25, 0.3) is 0 Å². The third-order valence-corrected chi connectivity index (χ3v) is 5.17. The van der Waals surface area contributed by atoms with E-state index < -0.39 is 0 Å². The molecule has 5 nitrogen and oxygen atoms in total. The molecule has 122 valence electrons. The van der Waals surface area contributed by atoms with Gasteiger partial charge >= 0.3 is 0 Å². The number of aromatic nitrogens is 3. The Bertz CT molecular complexity index is 650. The number of benzene rings is 1. The van der Waals surface area contributed by atoms with E-state index in [9.17, 15) is 4.79 Å². The van der Waals surface area contributed by atoms with Gasteiger partial charge in [0.05, 0.1) is 0 Å².